The minimum atomic E-state index is 0.0491. The number of hydrogen-bond acceptors (Lipinski definition) is 4. The Morgan fingerprint density at radius 2 is 2.25 bits per heavy atom. The van der Waals surface area contributed by atoms with Crippen LogP contribution in [0.25, 0.3) is 10.6 Å². The molecular formula is C12H13NO2S. The SMILES string of the molecule is COc1cccc(-c2nc(C)c(CO)s2)c1. The zero-order valence-electron chi connectivity index (χ0n) is 9.23. The first-order valence-corrected chi connectivity index (χ1v) is 5.78. The van der Waals surface area contributed by atoms with Crippen LogP contribution in [-0.2, 0) is 6.61 Å². The topological polar surface area (TPSA) is 42.4 Å². The maximum atomic E-state index is 9.13. The van der Waals surface area contributed by atoms with Crippen molar-refractivity contribution in [1.82, 2.24) is 4.98 Å². The quantitative estimate of drug-likeness (QED) is 0.889. The van der Waals surface area contributed by atoms with Crippen LogP contribution in [0.3, 0.4) is 0 Å². The van der Waals surface area contributed by atoms with Gasteiger partial charge >= 0.3 is 0 Å². The summed E-state index contributed by atoms with van der Waals surface area (Å²) in [7, 11) is 1.64. The fraction of sp³-hybridized carbons (Fsp3) is 0.250. The fourth-order valence-corrected chi connectivity index (χ4v) is 2.37. The van der Waals surface area contributed by atoms with Gasteiger partial charge in [0.2, 0.25) is 0 Å². The zero-order valence-corrected chi connectivity index (χ0v) is 10.0. The van der Waals surface area contributed by atoms with E-state index in [4.69, 9.17) is 9.84 Å². The summed E-state index contributed by atoms with van der Waals surface area (Å²) in [6, 6.07) is 7.77. The van der Waals surface area contributed by atoms with Crippen molar-refractivity contribution in [2.24, 2.45) is 0 Å². The van der Waals surface area contributed by atoms with E-state index in [2.05, 4.69) is 4.98 Å². The Balaban J connectivity index is 2.41. The maximum absolute atomic E-state index is 9.13. The molecule has 0 aliphatic heterocycles. The summed E-state index contributed by atoms with van der Waals surface area (Å²) in [5.41, 5.74) is 1.91. The second-order valence-electron chi connectivity index (χ2n) is 3.42. The number of aromatic nitrogens is 1. The lowest BCUT2D eigenvalue weighted by atomic mass is 10.2. The first kappa shape index (κ1) is 11.1. The Kier molecular flexibility index (Phi) is 3.22. The van der Waals surface area contributed by atoms with Gasteiger partial charge in [-0.25, -0.2) is 4.98 Å². The maximum Gasteiger partial charge on any atom is 0.124 e. The molecule has 0 saturated carbocycles. The number of nitrogens with zero attached hydrogens (tertiary/aromatic N) is 1. The number of aliphatic hydroxyl groups excluding tert-OH is 1. The molecule has 0 saturated heterocycles. The second kappa shape index (κ2) is 4.63. The summed E-state index contributed by atoms with van der Waals surface area (Å²) in [5.74, 6) is 0.816. The Morgan fingerprint density at radius 1 is 1.44 bits per heavy atom. The third kappa shape index (κ3) is 2.08. The molecule has 2 aromatic rings. The predicted molar refractivity (Wildman–Crippen MR) is 64.8 cm³/mol. The van der Waals surface area contributed by atoms with E-state index in [0.29, 0.717) is 0 Å². The molecular weight excluding hydrogens is 222 g/mol. The lowest BCUT2D eigenvalue weighted by Gasteiger charge is -2.00. The summed E-state index contributed by atoms with van der Waals surface area (Å²) in [4.78, 5) is 5.34. The van der Waals surface area contributed by atoms with Crippen molar-refractivity contribution in [3.05, 3.63) is 34.8 Å². The van der Waals surface area contributed by atoms with Crippen LogP contribution in [0.5, 0.6) is 5.75 Å². The highest BCUT2D eigenvalue weighted by molar-refractivity contribution is 7.15. The fourth-order valence-electron chi connectivity index (χ4n) is 1.45. The number of methoxy groups -OCH3 is 1. The molecule has 0 fully saturated rings. The smallest absolute Gasteiger partial charge is 0.124 e. The molecule has 4 heteroatoms. The Bertz CT molecular complexity index is 494. The predicted octanol–water partition coefficient (Wildman–Crippen LogP) is 2.62. The summed E-state index contributed by atoms with van der Waals surface area (Å²) >= 11 is 1.52. The molecule has 0 aliphatic rings. The van der Waals surface area contributed by atoms with Crippen molar-refractivity contribution >= 4 is 11.3 Å². The van der Waals surface area contributed by atoms with Gasteiger partial charge < -0.3 is 9.84 Å². The minimum absolute atomic E-state index is 0.0491. The first-order valence-electron chi connectivity index (χ1n) is 4.96. The normalized spacial score (nSPS) is 10.4. The van der Waals surface area contributed by atoms with Gasteiger partial charge in [-0.2, -0.15) is 0 Å². The molecule has 0 aliphatic carbocycles. The van der Waals surface area contributed by atoms with E-state index in [-0.39, 0.29) is 6.61 Å². The number of aryl methyl sites for hydroxylation is 1. The third-order valence-corrected chi connectivity index (χ3v) is 3.54. The highest BCUT2D eigenvalue weighted by atomic mass is 32.1. The summed E-state index contributed by atoms with van der Waals surface area (Å²) < 4.78 is 5.17. The van der Waals surface area contributed by atoms with Gasteiger partial charge in [-0.1, -0.05) is 12.1 Å². The van der Waals surface area contributed by atoms with Gasteiger partial charge in [0.15, 0.2) is 0 Å². The van der Waals surface area contributed by atoms with Gasteiger partial charge in [0.05, 0.1) is 24.3 Å². The number of thiazole rings is 1. The van der Waals surface area contributed by atoms with E-state index < -0.39 is 0 Å². The molecule has 1 heterocycles. The van der Waals surface area contributed by atoms with Crippen molar-refractivity contribution in [2.45, 2.75) is 13.5 Å². The molecule has 0 spiro atoms. The summed E-state index contributed by atoms with van der Waals surface area (Å²) in [5, 5.41) is 10.0. The van der Waals surface area contributed by atoms with Gasteiger partial charge in [-0.3, -0.25) is 0 Å². The molecule has 1 N–H and O–H groups in total. The van der Waals surface area contributed by atoms with E-state index in [1.165, 1.54) is 11.3 Å². The van der Waals surface area contributed by atoms with Gasteiger partial charge in [0.25, 0.3) is 0 Å². The average Bonchev–Trinajstić information content (AvgIpc) is 2.71. The van der Waals surface area contributed by atoms with Gasteiger partial charge in [0, 0.05) is 5.56 Å². The summed E-state index contributed by atoms with van der Waals surface area (Å²) in [6.45, 7) is 1.96. The van der Waals surface area contributed by atoms with E-state index in [0.717, 1.165) is 26.9 Å². The molecule has 0 unspecified atom stereocenters. The van der Waals surface area contributed by atoms with Crippen LogP contribution in [0.1, 0.15) is 10.6 Å². The number of aliphatic hydroxyl groups is 1. The molecule has 0 radical (unpaired) electrons. The molecule has 0 bridgehead atoms. The molecule has 1 aromatic carbocycles. The van der Waals surface area contributed by atoms with Gasteiger partial charge in [0.1, 0.15) is 10.8 Å². The van der Waals surface area contributed by atoms with Crippen molar-refractivity contribution in [3.63, 3.8) is 0 Å². The van der Waals surface area contributed by atoms with Crippen LogP contribution < -0.4 is 4.74 Å². The molecule has 84 valence electrons. The van der Waals surface area contributed by atoms with Gasteiger partial charge in [-0.05, 0) is 19.1 Å². The average molecular weight is 235 g/mol. The Labute approximate surface area is 98.4 Å². The van der Waals surface area contributed by atoms with Crippen LogP contribution in [0.4, 0.5) is 0 Å². The van der Waals surface area contributed by atoms with Gasteiger partial charge in [-0.15, -0.1) is 11.3 Å². The van der Waals surface area contributed by atoms with Crippen molar-refractivity contribution < 1.29 is 9.84 Å². The first-order chi connectivity index (χ1) is 7.74. The molecule has 0 amide bonds. The molecule has 16 heavy (non-hydrogen) atoms. The number of ether oxygens (including phenoxy) is 1. The molecule has 2 rings (SSSR count). The summed E-state index contributed by atoms with van der Waals surface area (Å²) in [6.07, 6.45) is 0. The van der Waals surface area contributed by atoms with Crippen LogP contribution in [0.2, 0.25) is 0 Å². The molecule has 0 atom stereocenters. The Hall–Kier alpha value is -1.39. The highest BCUT2D eigenvalue weighted by Gasteiger charge is 2.08. The largest absolute Gasteiger partial charge is 0.497 e. The van der Waals surface area contributed by atoms with Crippen molar-refractivity contribution in [2.75, 3.05) is 7.11 Å². The van der Waals surface area contributed by atoms with Crippen LogP contribution in [0, 0.1) is 6.92 Å². The van der Waals surface area contributed by atoms with E-state index in [1.807, 2.05) is 31.2 Å². The van der Waals surface area contributed by atoms with E-state index >= 15 is 0 Å². The number of hydrogen-bond donors (Lipinski definition) is 1. The number of benzene rings is 1. The lowest BCUT2D eigenvalue weighted by molar-refractivity contribution is 0.284. The second-order valence-corrected chi connectivity index (χ2v) is 4.50. The van der Waals surface area contributed by atoms with Crippen LogP contribution in [0.15, 0.2) is 24.3 Å². The third-order valence-electron chi connectivity index (χ3n) is 2.35. The van der Waals surface area contributed by atoms with E-state index in [9.17, 15) is 0 Å². The standard InChI is InChI=1S/C12H13NO2S/c1-8-11(7-14)16-12(13-8)9-4-3-5-10(6-9)15-2/h3-6,14H,7H2,1-2H3. The van der Waals surface area contributed by atoms with E-state index in [1.54, 1.807) is 7.11 Å². The zero-order chi connectivity index (χ0) is 11.5. The highest BCUT2D eigenvalue weighted by Crippen LogP contribution is 2.29. The minimum Gasteiger partial charge on any atom is -0.497 e. The molecule has 3 nitrogen and oxygen atoms in total. The number of rotatable bonds is 3. The lowest BCUT2D eigenvalue weighted by Crippen LogP contribution is -1.83. The van der Waals surface area contributed by atoms with Crippen LogP contribution in [-0.4, -0.2) is 17.2 Å². The monoisotopic (exact) mass is 235 g/mol. The van der Waals surface area contributed by atoms with Crippen molar-refractivity contribution in [3.8, 4) is 16.3 Å². The Morgan fingerprint density at radius 3 is 2.88 bits per heavy atom. The van der Waals surface area contributed by atoms with Crippen molar-refractivity contribution in [1.29, 1.82) is 0 Å². The molecule has 1 aromatic heterocycles. The van der Waals surface area contributed by atoms with Crippen LogP contribution >= 0.6 is 11.3 Å².